The van der Waals surface area contributed by atoms with Crippen LogP contribution >= 0.6 is 11.6 Å². The second-order valence-corrected chi connectivity index (χ2v) is 10.3. The number of anilines is 3. The summed E-state index contributed by atoms with van der Waals surface area (Å²) in [5.74, 6) is 0. The molecule has 0 N–H and O–H groups in total. The third kappa shape index (κ3) is 3.70. The van der Waals surface area contributed by atoms with Crippen LogP contribution < -0.4 is 4.90 Å². The summed E-state index contributed by atoms with van der Waals surface area (Å²) in [6, 6.07) is 56.1. The van der Waals surface area contributed by atoms with E-state index in [0.29, 0.717) is 5.02 Å². The van der Waals surface area contributed by atoms with E-state index < -0.39 is 5.41 Å². The Bertz CT molecular complexity index is 1720. The zero-order valence-corrected chi connectivity index (χ0v) is 22.1. The van der Waals surface area contributed by atoms with Crippen LogP contribution in [-0.4, -0.2) is 0 Å². The van der Waals surface area contributed by atoms with Crippen molar-refractivity contribution in [2.45, 2.75) is 5.41 Å². The summed E-state index contributed by atoms with van der Waals surface area (Å²) < 4.78 is 0. The van der Waals surface area contributed by atoms with E-state index in [0.717, 1.165) is 17.1 Å². The molecule has 0 fully saturated rings. The molecule has 186 valence electrons. The zero-order chi connectivity index (χ0) is 26.2. The van der Waals surface area contributed by atoms with E-state index in [9.17, 15) is 0 Å². The van der Waals surface area contributed by atoms with Crippen molar-refractivity contribution < 1.29 is 0 Å². The Kier molecular flexibility index (Phi) is 5.80. The molecule has 0 amide bonds. The van der Waals surface area contributed by atoms with Gasteiger partial charge in [0.15, 0.2) is 0 Å². The predicted octanol–water partition coefficient (Wildman–Crippen LogP) is 10.2. The van der Waals surface area contributed by atoms with E-state index in [2.05, 4.69) is 144 Å². The van der Waals surface area contributed by atoms with Crippen LogP contribution in [0, 0.1) is 0 Å². The standard InChI is InChI=1S/C37H26ClN/c38-29-18-12-21-31(26-29)39(30-19-8-3-9-20-30)35-25-13-23-33-32-22-10-11-24-34(32)37(36(33)35,27-14-4-1-5-15-27)28-16-6-2-7-17-28/h1-26H. The van der Waals surface area contributed by atoms with Gasteiger partial charge in [0.2, 0.25) is 0 Å². The topological polar surface area (TPSA) is 3.24 Å². The first-order chi connectivity index (χ1) is 19.3. The molecule has 7 rings (SSSR count). The van der Waals surface area contributed by atoms with E-state index in [4.69, 9.17) is 11.6 Å². The van der Waals surface area contributed by atoms with Crippen LogP contribution in [0.2, 0.25) is 5.02 Å². The van der Waals surface area contributed by atoms with Crippen molar-refractivity contribution >= 4 is 28.7 Å². The smallest absolute Gasteiger partial charge is 0.0734 e. The normalized spacial score (nSPS) is 12.9. The molecule has 0 heterocycles. The first-order valence-electron chi connectivity index (χ1n) is 13.2. The van der Waals surface area contributed by atoms with Gasteiger partial charge in [-0.05, 0) is 64.2 Å². The van der Waals surface area contributed by atoms with E-state index in [1.54, 1.807) is 0 Å². The molecule has 2 heteroatoms. The highest BCUT2D eigenvalue weighted by atomic mass is 35.5. The number of hydrogen-bond acceptors (Lipinski definition) is 1. The second-order valence-electron chi connectivity index (χ2n) is 9.88. The third-order valence-corrected chi connectivity index (χ3v) is 8.01. The van der Waals surface area contributed by atoms with Gasteiger partial charge < -0.3 is 4.90 Å². The minimum absolute atomic E-state index is 0.503. The quantitative estimate of drug-likeness (QED) is 0.218. The average molecular weight is 520 g/mol. The minimum atomic E-state index is -0.503. The van der Waals surface area contributed by atoms with Crippen LogP contribution in [0.4, 0.5) is 17.1 Å². The van der Waals surface area contributed by atoms with Crippen molar-refractivity contribution in [3.63, 3.8) is 0 Å². The molecule has 6 aromatic carbocycles. The van der Waals surface area contributed by atoms with Crippen LogP contribution in [0.3, 0.4) is 0 Å². The summed E-state index contributed by atoms with van der Waals surface area (Å²) in [5.41, 5.74) is 10.3. The molecule has 0 aromatic heterocycles. The van der Waals surface area contributed by atoms with Gasteiger partial charge in [0.1, 0.15) is 0 Å². The molecule has 0 saturated heterocycles. The lowest BCUT2D eigenvalue weighted by Crippen LogP contribution is -2.30. The SMILES string of the molecule is Clc1cccc(N(c2ccccc2)c2cccc3c2C(c2ccccc2)(c2ccccc2)c2ccccc2-3)c1. The van der Waals surface area contributed by atoms with Crippen molar-refractivity contribution in [3.05, 3.63) is 185 Å². The van der Waals surface area contributed by atoms with Gasteiger partial charge in [0.25, 0.3) is 0 Å². The van der Waals surface area contributed by atoms with Crippen LogP contribution in [0.25, 0.3) is 11.1 Å². The van der Waals surface area contributed by atoms with Crippen molar-refractivity contribution in [1.29, 1.82) is 0 Å². The Morgan fingerprint density at radius 2 is 1.00 bits per heavy atom. The molecule has 1 aliphatic carbocycles. The third-order valence-electron chi connectivity index (χ3n) is 7.77. The molecule has 1 aliphatic rings. The molecular formula is C37H26ClN. The van der Waals surface area contributed by atoms with E-state index >= 15 is 0 Å². The Morgan fingerprint density at radius 3 is 1.67 bits per heavy atom. The van der Waals surface area contributed by atoms with E-state index in [1.165, 1.54) is 33.4 Å². The van der Waals surface area contributed by atoms with Gasteiger partial charge in [-0.25, -0.2) is 0 Å². The van der Waals surface area contributed by atoms with Gasteiger partial charge in [-0.1, -0.05) is 133 Å². The Balaban J connectivity index is 1.64. The summed E-state index contributed by atoms with van der Waals surface area (Å²) in [4.78, 5) is 2.34. The summed E-state index contributed by atoms with van der Waals surface area (Å²) in [5, 5.41) is 0.710. The van der Waals surface area contributed by atoms with Gasteiger partial charge in [-0.3, -0.25) is 0 Å². The molecule has 0 aliphatic heterocycles. The van der Waals surface area contributed by atoms with Crippen molar-refractivity contribution in [1.82, 2.24) is 0 Å². The number of benzene rings is 6. The maximum absolute atomic E-state index is 6.58. The summed E-state index contributed by atoms with van der Waals surface area (Å²) in [7, 11) is 0. The van der Waals surface area contributed by atoms with E-state index in [-0.39, 0.29) is 0 Å². The number of para-hydroxylation sites is 1. The Hall–Kier alpha value is -4.59. The first kappa shape index (κ1) is 23.5. The number of rotatable bonds is 5. The number of hydrogen-bond donors (Lipinski definition) is 0. The van der Waals surface area contributed by atoms with Gasteiger partial charge in [0.05, 0.1) is 11.1 Å². The lowest BCUT2D eigenvalue weighted by Gasteiger charge is -2.37. The monoisotopic (exact) mass is 519 g/mol. The highest BCUT2D eigenvalue weighted by molar-refractivity contribution is 6.30. The van der Waals surface area contributed by atoms with Crippen LogP contribution in [0.1, 0.15) is 22.3 Å². The molecule has 0 spiro atoms. The molecule has 39 heavy (non-hydrogen) atoms. The lowest BCUT2D eigenvalue weighted by molar-refractivity contribution is 0.768. The first-order valence-corrected chi connectivity index (χ1v) is 13.6. The maximum atomic E-state index is 6.58. The number of halogens is 1. The van der Waals surface area contributed by atoms with Crippen molar-refractivity contribution in [2.75, 3.05) is 4.90 Å². The average Bonchev–Trinajstić information content (AvgIpc) is 3.31. The minimum Gasteiger partial charge on any atom is -0.310 e. The fourth-order valence-electron chi connectivity index (χ4n) is 6.29. The summed E-state index contributed by atoms with van der Waals surface area (Å²) >= 11 is 6.58. The molecule has 0 atom stereocenters. The van der Waals surface area contributed by atoms with Gasteiger partial charge in [-0.2, -0.15) is 0 Å². The van der Waals surface area contributed by atoms with Gasteiger partial charge in [0, 0.05) is 22.0 Å². The molecule has 0 saturated carbocycles. The van der Waals surface area contributed by atoms with Crippen molar-refractivity contribution in [2.24, 2.45) is 0 Å². The summed E-state index contributed by atoms with van der Waals surface area (Å²) in [6.45, 7) is 0. The van der Waals surface area contributed by atoms with Crippen LogP contribution in [0.5, 0.6) is 0 Å². The number of nitrogens with zero attached hydrogens (tertiary/aromatic N) is 1. The number of fused-ring (bicyclic) bond motifs is 3. The second kappa shape index (κ2) is 9.62. The highest BCUT2D eigenvalue weighted by Crippen LogP contribution is 2.59. The van der Waals surface area contributed by atoms with Gasteiger partial charge >= 0.3 is 0 Å². The molecule has 0 bridgehead atoms. The van der Waals surface area contributed by atoms with Crippen LogP contribution in [-0.2, 0) is 5.41 Å². The maximum Gasteiger partial charge on any atom is 0.0734 e. The predicted molar refractivity (Wildman–Crippen MR) is 163 cm³/mol. The van der Waals surface area contributed by atoms with E-state index in [1.807, 2.05) is 18.2 Å². The molecule has 0 radical (unpaired) electrons. The highest BCUT2D eigenvalue weighted by Gasteiger charge is 2.48. The molecular weight excluding hydrogens is 494 g/mol. The zero-order valence-electron chi connectivity index (χ0n) is 21.3. The molecule has 6 aromatic rings. The Morgan fingerprint density at radius 1 is 0.462 bits per heavy atom. The van der Waals surface area contributed by atoms with Gasteiger partial charge in [-0.15, -0.1) is 0 Å². The van der Waals surface area contributed by atoms with Crippen molar-refractivity contribution in [3.8, 4) is 11.1 Å². The summed E-state index contributed by atoms with van der Waals surface area (Å²) in [6.07, 6.45) is 0. The molecule has 0 unspecified atom stereocenters. The molecule has 1 nitrogen and oxygen atoms in total. The largest absolute Gasteiger partial charge is 0.310 e. The lowest BCUT2D eigenvalue weighted by atomic mass is 9.67. The Labute approximate surface area is 234 Å². The fourth-order valence-corrected chi connectivity index (χ4v) is 6.47. The van der Waals surface area contributed by atoms with Crippen LogP contribution in [0.15, 0.2) is 158 Å². The fraction of sp³-hybridized carbons (Fsp3) is 0.0270.